The van der Waals surface area contributed by atoms with Crippen LogP contribution in [0.4, 0.5) is 24.7 Å². The number of carbonyl (C=O) groups is 1. The molecular weight excluding hydrogens is 343 g/mol. The molecule has 4 rings (SSSR count). The van der Waals surface area contributed by atoms with Gasteiger partial charge in [0.2, 0.25) is 5.91 Å². The molecule has 26 heavy (non-hydrogen) atoms. The zero-order valence-corrected chi connectivity index (χ0v) is 14.0. The largest absolute Gasteiger partial charge is 0.419 e. The molecule has 1 aromatic heterocycles. The van der Waals surface area contributed by atoms with Crippen LogP contribution in [0.15, 0.2) is 42.6 Å². The molecule has 1 unspecified atom stereocenters. The standard InChI is InChI=1S/C19H18F3N3O/c20-19(21,22)15-5-3-9-23-17(15)24-10-7-14(12-24)18(26)25-11-8-13-4-1-2-6-16(13)25/h1-6,9,14H,7-8,10-12H2. The van der Waals surface area contributed by atoms with Gasteiger partial charge in [-0.3, -0.25) is 4.79 Å². The Bertz CT molecular complexity index is 837. The second-order valence-corrected chi connectivity index (χ2v) is 6.67. The van der Waals surface area contributed by atoms with Crippen LogP contribution in [-0.2, 0) is 17.4 Å². The Morgan fingerprint density at radius 2 is 1.92 bits per heavy atom. The second-order valence-electron chi connectivity index (χ2n) is 6.67. The topological polar surface area (TPSA) is 36.4 Å². The predicted octanol–water partition coefficient (Wildman–Crippen LogP) is 3.52. The normalized spacial score (nSPS) is 19.7. The van der Waals surface area contributed by atoms with Crippen molar-refractivity contribution in [1.29, 1.82) is 0 Å². The number of rotatable bonds is 2. The molecule has 1 fully saturated rings. The molecule has 7 heteroatoms. The van der Waals surface area contributed by atoms with Crippen LogP contribution in [0.25, 0.3) is 0 Å². The van der Waals surface area contributed by atoms with Crippen molar-refractivity contribution < 1.29 is 18.0 Å². The number of aromatic nitrogens is 1. The first-order valence-electron chi connectivity index (χ1n) is 8.61. The molecule has 1 aromatic carbocycles. The van der Waals surface area contributed by atoms with Crippen LogP contribution in [-0.4, -0.2) is 30.5 Å². The number of pyridine rings is 1. The first kappa shape index (κ1) is 16.9. The molecule has 0 bridgehead atoms. The lowest BCUT2D eigenvalue weighted by Crippen LogP contribution is -2.36. The number of para-hydroxylation sites is 1. The molecule has 0 aliphatic carbocycles. The van der Waals surface area contributed by atoms with Crippen LogP contribution in [0.1, 0.15) is 17.5 Å². The van der Waals surface area contributed by atoms with Crippen molar-refractivity contribution in [2.45, 2.75) is 19.0 Å². The number of anilines is 2. The molecule has 2 aliphatic heterocycles. The minimum atomic E-state index is -4.46. The van der Waals surface area contributed by atoms with Gasteiger partial charge in [0.15, 0.2) is 0 Å². The van der Waals surface area contributed by atoms with E-state index in [1.807, 2.05) is 24.3 Å². The number of benzene rings is 1. The third-order valence-corrected chi connectivity index (χ3v) is 5.08. The third kappa shape index (κ3) is 2.91. The van der Waals surface area contributed by atoms with Gasteiger partial charge in [-0.25, -0.2) is 4.98 Å². The Balaban J connectivity index is 1.53. The van der Waals surface area contributed by atoms with Crippen LogP contribution < -0.4 is 9.80 Å². The van der Waals surface area contributed by atoms with Gasteiger partial charge in [-0.2, -0.15) is 13.2 Å². The van der Waals surface area contributed by atoms with Gasteiger partial charge in [0.1, 0.15) is 5.82 Å². The van der Waals surface area contributed by atoms with E-state index in [0.29, 0.717) is 19.5 Å². The van der Waals surface area contributed by atoms with E-state index in [4.69, 9.17) is 0 Å². The maximum Gasteiger partial charge on any atom is 0.419 e. The van der Waals surface area contributed by atoms with E-state index in [2.05, 4.69) is 4.98 Å². The van der Waals surface area contributed by atoms with E-state index < -0.39 is 11.7 Å². The smallest absolute Gasteiger partial charge is 0.355 e. The quantitative estimate of drug-likeness (QED) is 0.821. The molecule has 3 heterocycles. The number of halogens is 3. The summed E-state index contributed by atoms with van der Waals surface area (Å²) in [7, 11) is 0. The summed E-state index contributed by atoms with van der Waals surface area (Å²) < 4.78 is 39.7. The average Bonchev–Trinajstić information content (AvgIpc) is 3.28. The van der Waals surface area contributed by atoms with Crippen LogP contribution >= 0.6 is 0 Å². The van der Waals surface area contributed by atoms with E-state index in [9.17, 15) is 18.0 Å². The van der Waals surface area contributed by atoms with Crippen molar-refractivity contribution >= 4 is 17.4 Å². The van der Waals surface area contributed by atoms with Crippen molar-refractivity contribution in [1.82, 2.24) is 4.98 Å². The monoisotopic (exact) mass is 361 g/mol. The number of fused-ring (bicyclic) bond motifs is 1. The van der Waals surface area contributed by atoms with Crippen LogP contribution in [0, 0.1) is 5.92 Å². The molecule has 1 saturated heterocycles. The zero-order valence-electron chi connectivity index (χ0n) is 14.0. The van der Waals surface area contributed by atoms with Gasteiger partial charge in [-0.15, -0.1) is 0 Å². The van der Waals surface area contributed by atoms with Gasteiger partial charge in [-0.1, -0.05) is 18.2 Å². The Kier molecular flexibility index (Phi) is 4.09. The van der Waals surface area contributed by atoms with E-state index in [-0.39, 0.29) is 24.2 Å². The van der Waals surface area contributed by atoms with Gasteiger partial charge in [0, 0.05) is 31.5 Å². The predicted molar refractivity (Wildman–Crippen MR) is 92.1 cm³/mol. The summed E-state index contributed by atoms with van der Waals surface area (Å²) in [6.45, 7) is 1.29. The summed E-state index contributed by atoms with van der Waals surface area (Å²) in [6.07, 6.45) is -1.75. The summed E-state index contributed by atoms with van der Waals surface area (Å²) in [5, 5.41) is 0. The molecule has 4 nitrogen and oxygen atoms in total. The van der Waals surface area contributed by atoms with Crippen molar-refractivity contribution in [3.63, 3.8) is 0 Å². The number of hydrogen-bond acceptors (Lipinski definition) is 3. The molecule has 0 N–H and O–H groups in total. The van der Waals surface area contributed by atoms with Gasteiger partial charge >= 0.3 is 6.18 Å². The molecule has 0 radical (unpaired) electrons. The lowest BCUT2D eigenvalue weighted by Gasteiger charge is -2.23. The Morgan fingerprint density at radius 3 is 2.73 bits per heavy atom. The first-order chi connectivity index (χ1) is 12.4. The van der Waals surface area contributed by atoms with Crippen LogP contribution in [0.2, 0.25) is 0 Å². The van der Waals surface area contributed by atoms with Crippen LogP contribution in [0.3, 0.4) is 0 Å². The minimum absolute atomic E-state index is 0.0121. The maximum atomic E-state index is 13.2. The first-order valence-corrected chi connectivity index (χ1v) is 8.61. The molecule has 0 saturated carbocycles. The molecule has 0 spiro atoms. The Labute approximate surface area is 149 Å². The van der Waals surface area contributed by atoms with Crippen molar-refractivity contribution in [3.8, 4) is 0 Å². The fraction of sp³-hybridized carbons (Fsp3) is 0.368. The summed E-state index contributed by atoms with van der Waals surface area (Å²) >= 11 is 0. The van der Waals surface area contributed by atoms with Crippen molar-refractivity contribution in [3.05, 3.63) is 53.7 Å². The third-order valence-electron chi connectivity index (χ3n) is 5.08. The van der Waals surface area contributed by atoms with Crippen molar-refractivity contribution in [2.24, 2.45) is 5.92 Å². The Morgan fingerprint density at radius 1 is 1.12 bits per heavy atom. The van der Waals surface area contributed by atoms with E-state index in [0.717, 1.165) is 23.7 Å². The highest BCUT2D eigenvalue weighted by Gasteiger charge is 2.39. The summed E-state index contributed by atoms with van der Waals surface area (Å²) in [4.78, 5) is 20.2. The van der Waals surface area contributed by atoms with Gasteiger partial charge < -0.3 is 9.80 Å². The van der Waals surface area contributed by atoms with Gasteiger partial charge in [0.05, 0.1) is 11.5 Å². The number of amides is 1. The molecule has 2 aliphatic rings. The fourth-order valence-corrected chi connectivity index (χ4v) is 3.81. The molecule has 2 aromatic rings. The fourth-order valence-electron chi connectivity index (χ4n) is 3.81. The van der Waals surface area contributed by atoms with Crippen molar-refractivity contribution in [2.75, 3.05) is 29.4 Å². The van der Waals surface area contributed by atoms with E-state index in [1.165, 1.54) is 12.3 Å². The summed E-state index contributed by atoms with van der Waals surface area (Å²) in [5.74, 6) is -0.414. The molecular formula is C19H18F3N3O. The molecule has 136 valence electrons. The number of nitrogens with zero attached hydrogens (tertiary/aromatic N) is 3. The Hall–Kier alpha value is -2.57. The summed E-state index contributed by atoms with van der Waals surface area (Å²) in [5.41, 5.74) is 1.31. The van der Waals surface area contributed by atoms with E-state index >= 15 is 0 Å². The average molecular weight is 361 g/mol. The molecule has 1 atom stereocenters. The minimum Gasteiger partial charge on any atom is -0.355 e. The lowest BCUT2D eigenvalue weighted by atomic mass is 10.1. The van der Waals surface area contributed by atoms with Gasteiger partial charge in [-0.05, 0) is 36.6 Å². The number of carbonyl (C=O) groups excluding carboxylic acids is 1. The highest BCUT2D eigenvalue weighted by Crippen LogP contribution is 2.37. The number of alkyl halides is 3. The zero-order chi connectivity index (χ0) is 18.3. The lowest BCUT2D eigenvalue weighted by molar-refractivity contribution is -0.137. The van der Waals surface area contributed by atoms with Gasteiger partial charge in [0.25, 0.3) is 0 Å². The molecule has 1 amide bonds. The highest BCUT2D eigenvalue weighted by atomic mass is 19.4. The maximum absolute atomic E-state index is 13.2. The highest BCUT2D eigenvalue weighted by molar-refractivity contribution is 5.97. The summed E-state index contributed by atoms with van der Waals surface area (Å²) in [6, 6.07) is 10.1. The number of hydrogen-bond donors (Lipinski definition) is 0. The van der Waals surface area contributed by atoms with Crippen LogP contribution in [0.5, 0.6) is 0 Å². The SMILES string of the molecule is O=C(C1CCN(c2ncccc2C(F)(F)F)C1)N1CCc2ccccc21. The second kappa shape index (κ2) is 6.30. The van der Waals surface area contributed by atoms with E-state index in [1.54, 1.807) is 9.80 Å².